The molecule has 1 aliphatic rings. The number of carbonyl (C=O) groups is 1. The Morgan fingerprint density at radius 2 is 2.17 bits per heavy atom. The summed E-state index contributed by atoms with van der Waals surface area (Å²) in [7, 11) is -0.919. The van der Waals surface area contributed by atoms with Crippen molar-refractivity contribution in [2.45, 2.75) is 20.5 Å². The van der Waals surface area contributed by atoms with Gasteiger partial charge in [-0.2, -0.15) is 0 Å². The smallest absolute Gasteiger partial charge is 0.462 e. The third-order valence-electron chi connectivity index (χ3n) is 3.76. The Hall–Kier alpha value is -2.38. The summed E-state index contributed by atoms with van der Waals surface area (Å²) in [6.45, 7) is 3.85. The summed E-state index contributed by atoms with van der Waals surface area (Å²) in [6, 6.07) is 7.69. The number of hydrogen-bond acceptors (Lipinski definition) is 5. The number of carbonyl (C=O) groups excluding carboxylic acids is 1. The zero-order chi connectivity index (χ0) is 17.3. The molecule has 24 heavy (non-hydrogen) atoms. The lowest BCUT2D eigenvalue weighted by Gasteiger charge is -2.12. The van der Waals surface area contributed by atoms with Gasteiger partial charge in [0.2, 0.25) is 0 Å². The van der Waals surface area contributed by atoms with E-state index in [-0.39, 0.29) is 12.2 Å². The van der Waals surface area contributed by atoms with E-state index in [2.05, 4.69) is 0 Å². The molecule has 2 aromatic carbocycles. The van der Waals surface area contributed by atoms with Crippen molar-refractivity contribution < 1.29 is 28.3 Å². The zero-order valence-corrected chi connectivity index (χ0v) is 13.3. The van der Waals surface area contributed by atoms with E-state index in [1.165, 1.54) is 12.1 Å². The van der Waals surface area contributed by atoms with E-state index in [9.17, 15) is 14.2 Å². The van der Waals surface area contributed by atoms with Crippen LogP contribution in [0.3, 0.4) is 0 Å². The van der Waals surface area contributed by atoms with Crippen molar-refractivity contribution in [1.82, 2.24) is 0 Å². The fourth-order valence-corrected chi connectivity index (χ4v) is 2.54. The SMILES string of the molecule is CCOC(=O)c1cc(C)c(Oc2ccc3c(c2)COB3O)cc1F. The lowest BCUT2D eigenvalue weighted by Crippen LogP contribution is -2.27. The van der Waals surface area contributed by atoms with Crippen molar-refractivity contribution in [3.63, 3.8) is 0 Å². The van der Waals surface area contributed by atoms with Gasteiger partial charge in [0.1, 0.15) is 17.3 Å². The van der Waals surface area contributed by atoms with E-state index in [4.69, 9.17) is 14.1 Å². The van der Waals surface area contributed by atoms with E-state index in [1.54, 1.807) is 32.0 Å². The highest BCUT2D eigenvalue weighted by atomic mass is 19.1. The molecule has 7 heteroatoms. The molecule has 3 rings (SSSR count). The largest absolute Gasteiger partial charge is 0.491 e. The summed E-state index contributed by atoms with van der Waals surface area (Å²) in [5.74, 6) is -0.597. The maximum atomic E-state index is 14.1. The molecule has 1 heterocycles. The van der Waals surface area contributed by atoms with Gasteiger partial charge in [0, 0.05) is 6.07 Å². The van der Waals surface area contributed by atoms with Gasteiger partial charge in [0.05, 0.1) is 18.8 Å². The molecule has 0 atom stereocenters. The van der Waals surface area contributed by atoms with E-state index in [0.717, 1.165) is 5.56 Å². The first-order valence-electron chi connectivity index (χ1n) is 7.57. The fourth-order valence-electron chi connectivity index (χ4n) is 2.54. The van der Waals surface area contributed by atoms with E-state index < -0.39 is 18.9 Å². The average molecular weight is 330 g/mol. The first-order valence-corrected chi connectivity index (χ1v) is 7.57. The zero-order valence-electron chi connectivity index (χ0n) is 13.3. The van der Waals surface area contributed by atoms with Crippen LogP contribution in [0.5, 0.6) is 11.5 Å². The summed E-state index contributed by atoms with van der Waals surface area (Å²) in [6.07, 6.45) is 0. The molecular weight excluding hydrogens is 314 g/mol. The van der Waals surface area contributed by atoms with Gasteiger partial charge in [-0.3, -0.25) is 0 Å². The second kappa shape index (κ2) is 6.63. The molecule has 5 nitrogen and oxygen atoms in total. The normalized spacial score (nSPS) is 12.9. The molecule has 0 aromatic heterocycles. The van der Waals surface area contributed by atoms with Crippen LogP contribution in [0, 0.1) is 12.7 Å². The monoisotopic (exact) mass is 330 g/mol. The lowest BCUT2D eigenvalue weighted by molar-refractivity contribution is 0.0521. The molecule has 0 radical (unpaired) electrons. The predicted molar refractivity (Wildman–Crippen MR) is 86.0 cm³/mol. The number of rotatable bonds is 4. The molecule has 0 saturated heterocycles. The predicted octanol–water partition coefficient (Wildman–Crippen LogP) is 2.32. The van der Waals surface area contributed by atoms with Gasteiger partial charge in [0.15, 0.2) is 0 Å². The number of benzene rings is 2. The molecule has 0 unspecified atom stereocenters. The Kier molecular flexibility index (Phi) is 4.55. The minimum Gasteiger partial charge on any atom is -0.462 e. The number of esters is 1. The topological polar surface area (TPSA) is 65.0 Å². The molecule has 0 amide bonds. The fraction of sp³-hybridized carbons (Fsp3) is 0.235. The number of hydrogen-bond donors (Lipinski definition) is 1. The molecule has 0 bridgehead atoms. The van der Waals surface area contributed by atoms with Gasteiger partial charge < -0.3 is 19.2 Å². The summed E-state index contributed by atoms with van der Waals surface area (Å²) in [5.41, 5.74) is 2.01. The Morgan fingerprint density at radius 3 is 2.92 bits per heavy atom. The van der Waals surface area contributed by atoms with Crippen LogP contribution in [0.1, 0.15) is 28.4 Å². The van der Waals surface area contributed by atoms with Gasteiger partial charge in [0.25, 0.3) is 0 Å². The van der Waals surface area contributed by atoms with Crippen molar-refractivity contribution in [2.24, 2.45) is 0 Å². The standard InChI is InChI=1S/C17H16BFO5/c1-3-22-17(20)13-6-10(2)16(8-15(13)19)24-12-4-5-14-11(7-12)9-23-18(14)21/h4-8,21H,3,9H2,1-2H3. The molecule has 1 N–H and O–H groups in total. The summed E-state index contributed by atoms with van der Waals surface area (Å²) in [5, 5.41) is 9.61. The Morgan fingerprint density at radius 1 is 1.38 bits per heavy atom. The van der Waals surface area contributed by atoms with Gasteiger partial charge in [-0.1, -0.05) is 6.07 Å². The number of ether oxygens (including phenoxy) is 2. The molecule has 124 valence electrons. The summed E-state index contributed by atoms with van der Waals surface area (Å²) in [4.78, 5) is 11.7. The Balaban J connectivity index is 1.86. The van der Waals surface area contributed by atoms with E-state index in [0.29, 0.717) is 29.1 Å². The lowest BCUT2D eigenvalue weighted by atomic mass is 9.80. The molecule has 0 aliphatic carbocycles. The summed E-state index contributed by atoms with van der Waals surface area (Å²) < 4.78 is 29.8. The quantitative estimate of drug-likeness (QED) is 0.688. The van der Waals surface area contributed by atoms with Crippen LogP contribution >= 0.6 is 0 Å². The highest BCUT2D eigenvalue weighted by molar-refractivity contribution is 6.61. The first-order chi connectivity index (χ1) is 11.5. The molecular formula is C17H16BFO5. The van der Waals surface area contributed by atoms with Crippen molar-refractivity contribution in [2.75, 3.05) is 6.61 Å². The highest BCUT2D eigenvalue weighted by Gasteiger charge is 2.27. The Labute approximate surface area is 139 Å². The minimum absolute atomic E-state index is 0.118. The van der Waals surface area contributed by atoms with Crippen LogP contribution in [0.2, 0.25) is 0 Å². The average Bonchev–Trinajstić information content (AvgIpc) is 2.91. The van der Waals surface area contributed by atoms with E-state index >= 15 is 0 Å². The highest BCUT2D eigenvalue weighted by Crippen LogP contribution is 2.29. The van der Waals surface area contributed by atoms with Crippen LogP contribution in [-0.2, 0) is 16.0 Å². The van der Waals surface area contributed by atoms with Crippen molar-refractivity contribution in [3.05, 3.63) is 52.8 Å². The van der Waals surface area contributed by atoms with E-state index in [1.807, 2.05) is 0 Å². The maximum absolute atomic E-state index is 14.1. The number of halogens is 1. The first kappa shape index (κ1) is 16.5. The summed E-state index contributed by atoms with van der Waals surface area (Å²) >= 11 is 0. The maximum Gasteiger partial charge on any atom is 0.491 e. The molecule has 2 aromatic rings. The number of fused-ring (bicyclic) bond motifs is 1. The Bertz CT molecular complexity index is 793. The molecule has 0 saturated carbocycles. The van der Waals surface area contributed by atoms with Gasteiger partial charge in [-0.15, -0.1) is 0 Å². The second-order valence-electron chi connectivity index (χ2n) is 5.44. The van der Waals surface area contributed by atoms with Gasteiger partial charge >= 0.3 is 13.1 Å². The van der Waals surface area contributed by atoms with Crippen molar-refractivity contribution in [3.8, 4) is 11.5 Å². The van der Waals surface area contributed by atoms with Crippen molar-refractivity contribution >= 4 is 18.6 Å². The van der Waals surface area contributed by atoms with Crippen molar-refractivity contribution in [1.29, 1.82) is 0 Å². The molecule has 1 aliphatic heterocycles. The number of aryl methyl sites for hydroxylation is 1. The van der Waals surface area contributed by atoms with Crippen LogP contribution < -0.4 is 10.2 Å². The van der Waals surface area contributed by atoms with Gasteiger partial charge in [-0.05, 0) is 48.6 Å². The molecule has 0 spiro atoms. The van der Waals surface area contributed by atoms with Gasteiger partial charge in [-0.25, -0.2) is 9.18 Å². The van der Waals surface area contributed by atoms with Crippen LogP contribution in [0.4, 0.5) is 4.39 Å². The third-order valence-corrected chi connectivity index (χ3v) is 3.76. The van der Waals surface area contributed by atoms with Crippen LogP contribution in [0.15, 0.2) is 30.3 Å². The second-order valence-corrected chi connectivity index (χ2v) is 5.44. The third kappa shape index (κ3) is 3.13. The minimum atomic E-state index is -0.919. The van der Waals surface area contributed by atoms with Crippen LogP contribution in [0.25, 0.3) is 0 Å². The van der Waals surface area contributed by atoms with Crippen LogP contribution in [-0.4, -0.2) is 24.7 Å². The molecule has 0 fully saturated rings.